The van der Waals surface area contributed by atoms with Crippen LogP contribution in [0.3, 0.4) is 0 Å². The minimum Gasteiger partial charge on any atom is -0.376 e. The smallest absolute Gasteiger partial charge is 0.267 e. The predicted octanol–water partition coefficient (Wildman–Crippen LogP) is 1.89. The minimum atomic E-state index is -0.0246. The van der Waals surface area contributed by atoms with Crippen molar-refractivity contribution < 1.29 is 4.74 Å². The summed E-state index contributed by atoms with van der Waals surface area (Å²) >= 11 is 0. The first-order valence-corrected chi connectivity index (χ1v) is 10.0. The third kappa shape index (κ3) is 3.77. The Kier molecular flexibility index (Phi) is 4.81. The molecule has 29 heavy (non-hydrogen) atoms. The lowest BCUT2D eigenvalue weighted by Gasteiger charge is -2.30. The number of anilines is 1. The topological polar surface area (TPSA) is 99.8 Å². The first-order chi connectivity index (χ1) is 14.3. The van der Waals surface area contributed by atoms with Gasteiger partial charge in [0, 0.05) is 36.5 Å². The number of nitrogens with one attached hydrogen (secondary N) is 1. The first-order valence-electron chi connectivity index (χ1n) is 10.0. The summed E-state index contributed by atoms with van der Waals surface area (Å²) in [6, 6.07) is 4.00. The van der Waals surface area contributed by atoms with Gasteiger partial charge in [-0.3, -0.25) is 9.78 Å². The number of nitrogens with zero attached hydrogens (tertiary/aromatic N) is 6. The molecule has 1 aliphatic heterocycles. The molecule has 0 unspecified atom stereocenters. The first kappa shape index (κ1) is 18.0. The largest absolute Gasteiger partial charge is 0.376 e. The van der Waals surface area contributed by atoms with Crippen LogP contribution in [0.5, 0.6) is 0 Å². The van der Waals surface area contributed by atoms with Gasteiger partial charge in [-0.05, 0) is 31.7 Å². The molecule has 2 aliphatic rings. The Morgan fingerprint density at radius 3 is 2.90 bits per heavy atom. The Morgan fingerprint density at radius 2 is 2.07 bits per heavy atom. The summed E-state index contributed by atoms with van der Waals surface area (Å²) in [5.74, 6) is 1.42. The van der Waals surface area contributed by atoms with E-state index < -0.39 is 0 Å². The Morgan fingerprint density at radius 1 is 1.17 bits per heavy atom. The summed E-state index contributed by atoms with van der Waals surface area (Å²) in [6.07, 6.45) is 11.5. The maximum atomic E-state index is 12.5. The van der Waals surface area contributed by atoms with Crippen LogP contribution >= 0.6 is 0 Å². The van der Waals surface area contributed by atoms with Crippen molar-refractivity contribution in [3.05, 3.63) is 58.5 Å². The molecular weight excluding hydrogens is 370 g/mol. The number of fused-ring (bicyclic) bond motifs is 1. The summed E-state index contributed by atoms with van der Waals surface area (Å²) in [4.78, 5) is 21.4. The third-order valence-corrected chi connectivity index (χ3v) is 5.62. The standard InChI is InChI=1S/C20H23N7O2/c28-20-10-14-13-29-9-6-17(14)25-27(20)16-4-2-15(3-5-16)23-18-11-21-12-19(24-18)26-8-1-7-22-26/h1,7-8,10-12,15-16H,2-6,9,13H2,(H,23,24). The lowest BCUT2D eigenvalue weighted by Crippen LogP contribution is -2.35. The molecule has 0 spiro atoms. The molecule has 3 aromatic rings. The van der Waals surface area contributed by atoms with E-state index in [1.807, 2.05) is 12.3 Å². The molecule has 0 aromatic carbocycles. The zero-order chi connectivity index (χ0) is 19.6. The van der Waals surface area contributed by atoms with Gasteiger partial charge in [0.25, 0.3) is 5.56 Å². The number of aromatic nitrogens is 6. The lowest BCUT2D eigenvalue weighted by molar-refractivity contribution is 0.107. The molecule has 4 heterocycles. The molecule has 150 valence electrons. The van der Waals surface area contributed by atoms with Crippen molar-refractivity contribution in [3.63, 3.8) is 0 Å². The molecule has 9 nitrogen and oxygen atoms in total. The van der Waals surface area contributed by atoms with Crippen molar-refractivity contribution in [2.75, 3.05) is 11.9 Å². The monoisotopic (exact) mass is 393 g/mol. The van der Waals surface area contributed by atoms with Crippen LogP contribution in [0, 0.1) is 0 Å². The molecule has 3 aromatic heterocycles. The summed E-state index contributed by atoms with van der Waals surface area (Å²) < 4.78 is 8.81. The van der Waals surface area contributed by atoms with Gasteiger partial charge in [-0.25, -0.2) is 14.3 Å². The van der Waals surface area contributed by atoms with Gasteiger partial charge < -0.3 is 10.1 Å². The van der Waals surface area contributed by atoms with Crippen molar-refractivity contribution >= 4 is 5.82 Å². The van der Waals surface area contributed by atoms with Crippen molar-refractivity contribution in [2.24, 2.45) is 0 Å². The molecule has 5 rings (SSSR count). The fourth-order valence-electron chi connectivity index (χ4n) is 4.10. The highest BCUT2D eigenvalue weighted by Gasteiger charge is 2.25. The second-order valence-electron chi connectivity index (χ2n) is 7.56. The van der Waals surface area contributed by atoms with E-state index in [-0.39, 0.29) is 11.6 Å². The molecule has 0 saturated heterocycles. The maximum absolute atomic E-state index is 12.5. The van der Waals surface area contributed by atoms with E-state index in [4.69, 9.17) is 4.74 Å². The van der Waals surface area contributed by atoms with E-state index in [2.05, 4.69) is 25.5 Å². The Balaban J connectivity index is 1.25. The molecule has 1 N–H and O–H groups in total. The highest BCUT2D eigenvalue weighted by atomic mass is 16.5. The van der Waals surface area contributed by atoms with Crippen LogP contribution < -0.4 is 10.9 Å². The fourth-order valence-corrected chi connectivity index (χ4v) is 4.10. The van der Waals surface area contributed by atoms with Gasteiger partial charge >= 0.3 is 0 Å². The second kappa shape index (κ2) is 7.75. The fraction of sp³-hybridized carbons (Fsp3) is 0.450. The van der Waals surface area contributed by atoms with Crippen LogP contribution in [0.15, 0.2) is 41.7 Å². The van der Waals surface area contributed by atoms with E-state index in [1.54, 1.807) is 34.0 Å². The zero-order valence-corrected chi connectivity index (χ0v) is 16.1. The van der Waals surface area contributed by atoms with Gasteiger partial charge in [-0.1, -0.05) is 0 Å². The highest BCUT2D eigenvalue weighted by molar-refractivity contribution is 5.36. The summed E-state index contributed by atoms with van der Waals surface area (Å²) in [5, 5.41) is 12.3. The SMILES string of the molecule is O=c1cc2c(nn1C1CCC(Nc3cncc(-n4cccn4)n3)CC1)CCOC2. The van der Waals surface area contributed by atoms with Crippen LogP contribution in [-0.2, 0) is 17.8 Å². The quantitative estimate of drug-likeness (QED) is 0.722. The predicted molar refractivity (Wildman–Crippen MR) is 106 cm³/mol. The van der Waals surface area contributed by atoms with Gasteiger partial charge in [-0.2, -0.15) is 10.2 Å². The number of hydrogen-bond acceptors (Lipinski definition) is 7. The van der Waals surface area contributed by atoms with Crippen LogP contribution in [0.25, 0.3) is 5.82 Å². The Bertz CT molecular complexity index is 1040. The van der Waals surface area contributed by atoms with Gasteiger partial charge in [0.2, 0.25) is 0 Å². The van der Waals surface area contributed by atoms with E-state index in [0.29, 0.717) is 25.1 Å². The van der Waals surface area contributed by atoms with Crippen molar-refractivity contribution in [2.45, 2.75) is 50.8 Å². The van der Waals surface area contributed by atoms with Crippen molar-refractivity contribution in [3.8, 4) is 5.82 Å². The highest BCUT2D eigenvalue weighted by Crippen LogP contribution is 2.29. The molecule has 9 heteroatoms. The van der Waals surface area contributed by atoms with Gasteiger partial charge in [0.05, 0.1) is 37.3 Å². The Hall–Kier alpha value is -3.07. The molecule has 1 aliphatic carbocycles. The van der Waals surface area contributed by atoms with Crippen molar-refractivity contribution in [1.82, 2.24) is 29.5 Å². The molecule has 1 fully saturated rings. The molecular formula is C20H23N7O2. The number of rotatable bonds is 4. The van der Waals surface area contributed by atoms with E-state index in [9.17, 15) is 4.79 Å². The van der Waals surface area contributed by atoms with Crippen LogP contribution in [-0.4, -0.2) is 42.2 Å². The zero-order valence-electron chi connectivity index (χ0n) is 16.1. The van der Waals surface area contributed by atoms with Crippen LogP contribution in [0.1, 0.15) is 43.0 Å². The van der Waals surface area contributed by atoms with E-state index in [1.165, 1.54) is 0 Å². The molecule has 0 bridgehead atoms. The molecule has 1 saturated carbocycles. The van der Waals surface area contributed by atoms with Gasteiger partial charge in [0.15, 0.2) is 5.82 Å². The molecule has 0 atom stereocenters. The second-order valence-corrected chi connectivity index (χ2v) is 7.56. The summed E-state index contributed by atoms with van der Waals surface area (Å²) in [5.41, 5.74) is 1.91. The van der Waals surface area contributed by atoms with Gasteiger partial charge in [-0.15, -0.1) is 0 Å². The maximum Gasteiger partial charge on any atom is 0.267 e. The lowest BCUT2D eigenvalue weighted by atomic mass is 9.91. The van der Waals surface area contributed by atoms with Crippen LogP contribution in [0.4, 0.5) is 5.82 Å². The van der Waals surface area contributed by atoms with E-state index in [0.717, 1.165) is 49.2 Å². The number of hydrogen-bond donors (Lipinski definition) is 1. The van der Waals surface area contributed by atoms with Crippen molar-refractivity contribution in [1.29, 1.82) is 0 Å². The van der Waals surface area contributed by atoms with Gasteiger partial charge in [0.1, 0.15) is 5.82 Å². The average molecular weight is 393 g/mol. The normalized spacial score (nSPS) is 21.5. The molecule has 0 radical (unpaired) electrons. The van der Waals surface area contributed by atoms with Crippen LogP contribution in [0.2, 0.25) is 0 Å². The molecule has 0 amide bonds. The summed E-state index contributed by atoms with van der Waals surface area (Å²) in [6.45, 7) is 1.17. The summed E-state index contributed by atoms with van der Waals surface area (Å²) in [7, 11) is 0. The van der Waals surface area contributed by atoms with E-state index >= 15 is 0 Å². The third-order valence-electron chi connectivity index (χ3n) is 5.62. The minimum absolute atomic E-state index is 0.0246. The number of ether oxygens (including phenoxy) is 1. The Labute approximate surface area is 167 Å². The average Bonchev–Trinajstić information content (AvgIpc) is 3.29.